The predicted octanol–water partition coefficient (Wildman–Crippen LogP) is 1.83. The Morgan fingerprint density at radius 3 is 2.35 bits per heavy atom. The lowest BCUT2D eigenvalue weighted by molar-refractivity contribution is -0.137. The first kappa shape index (κ1) is 14.3. The first-order valence-corrected chi connectivity index (χ1v) is 5.68. The molecule has 1 aliphatic carbocycles. The van der Waals surface area contributed by atoms with Crippen molar-refractivity contribution in [1.82, 2.24) is 0 Å². The molecule has 0 radical (unpaired) electrons. The van der Waals surface area contributed by atoms with Gasteiger partial charge >= 0.3 is 12.1 Å². The van der Waals surface area contributed by atoms with Gasteiger partial charge in [0.15, 0.2) is 0 Å². The minimum Gasteiger partial charge on any atom is -0.478 e. The maximum atomic E-state index is 12.5. The van der Waals surface area contributed by atoms with Gasteiger partial charge in [0.2, 0.25) is 5.91 Å². The van der Waals surface area contributed by atoms with Gasteiger partial charge in [-0.3, -0.25) is 4.79 Å². The fraction of sp³-hybridized carbons (Fsp3) is 0.333. The van der Waals surface area contributed by atoms with Gasteiger partial charge in [0.05, 0.1) is 22.4 Å². The van der Waals surface area contributed by atoms with Gasteiger partial charge in [0, 0.05) is 0 Å². The number of hydrogen-bond acceptors (Lipinski definition) is 3. The van der Waals surface area contributed by atoms with E-state index in [1.54, 1.807) is 0 Å². The number of carbonyl (C=O) groups excluding carboxylic acids is 1. The highest BCUT2D eigenvalue weighted by atomic mass is 19.4. The number of carboxylic acid groups (broad SMARTS) is 1. The summed E-state index contributed by atoms with van der Waals surface area (Å²) in [7, 11) is 0. The van der Waals surface area contributed by atoms with Crippen LogP contribution in [-0.4, -0.2) is 22.5 Å². The first-order chi connectivity index (χ1) is 9.13. The van der Waals surface area contributed by atoms with Crippen LogP contribution in [0.15, 0.2) is 18.2 Å². The second-order valence-electron chi connectivity index (χ2n) is 4.67. The molecule has 0 aromatic heterocycles. The van der Waals surface area contributed by atoms with Gasteiger partial charge in [-0.15, -0.1) is 0 Å². The topological polar surface area (TPSA) is 92.4 Å². The van der Waals surface area contributed by atoms with Crippen molar-refractivity contribution in [3.8, 4) is 0 Å². The molecule has 1 fully saturated rings. The third-order valence-electron chi connectivity index (χ3n) is 3.07. The summed E-state index contributed by atoms with van der Waals surface area (Å²) in [6, 6.07) is 2.10. The molecule has 1 aliphatic rings. The molecule has 108 valence electrons. The lowest BCUT2D eigenvalue weighted by atomic mass is 10.1. The van der Waals surface area contributed by atoms with Gasteiger partial charge in [0.1, 0.15) is 0 Å². The fourth-order valence-electron chi connectivity index (χ4n) is 1.62. The Kier molecular flexibility index (Phi) is 3.21. The Morgan fingerprint density at radius 1 is 1.30 bits per heavy atom. The van der Waals surface area contributed by atoms with Crippen molar-refractivity contribution in [2.75, 3.05) is 5.32 Å². The highest BCUT2D eigenvalue weighted by molar-refractivity contribution is 6.05. The van der Waals surface area contributed by atoms with Gasteiger partial charge < -0.3 is 16.2 Å². The average Bonchev–Trinajstić information content (AvgIpc) is 3.07. The third kappa shape index (κ3) is 2.74. The molecular formula is C12H11F3N2O3. The van der Waals surface area contributed by atoms with Crippen molar-refractivity contribution in [1.29, 1.82) is 0 Å². The Balaban J connectivity index is 2.33. The van der Waals surface area contributed by atoms with E-state index in [0.717, 1.165) is 6.07 Å². The number of carbonyl (C=O) groups is 2. The van der Waals surface area contributed by atoms with Crippen LogP contribution in [0.5, 0.6) is 0 Å². The van der Waals surface area contributed by atoms with E-state index in [0.29, 0.717) is 25.0 Å². The molecule has 1 aromatic carbocycles. The van der Waals surface area contributed by atoms with Crippen molar-refractivity contribution < 1.29 is 27.9 Å². The summed E-state index contributed by atoms with van der Waals surface area (Å²) in [5.74, 6) is -2.16. The summed E-state index contributed by atoms with van der Waals surface area (Å²) >= 11 is 0. The van der Waals surface area contributed by atoms with E-state index in [-0.39, 0.29) is 5.69 Å². The minimum atomic E-state index is -4.65. The second kappa shape index (κ2) is 4.48. The number of carboxylic acids is 1. The van der Waals surface area contributed by atoms with E-state index in [9.17, 15) is 22.8 Å². The van der Waals surface area contributed by atoms with Gasteiger partial charge in [-0.25, -0.2) is 4.79 Å². The SMILES string of the molecule is NC1(C(=O)Nc2ccc(C(F)(F)F)cc2C(=O)O)CC1. The van der Waals surface area contributed by atoms with Crippen LogP contribution in [0.3, 0.4) is 0 Å². The predicted molar refractivity (Wildman–Crippen MR) is 63.2 cm³/mol. The van der Waals surface area contributed by atoms with E-state index in [1.807, 2.05) is 0 Å². The Bertz CT molecular complexity index is 580. The molecule has 1 saturated carbocycles. The summed E-state index contributed by atoms with van der Waals surface area (Å²) in [5, 5.41) is 11.2. The minimum absolute atomic E-state index is 0.202. The van der Waals surface area contributed by atoms with Crippen LogP contribution in [0.2, 0.25) is 0 Å². The standard InChI is InChI=1S/C12H11F3N2O3/c13-12(14,15)6-1-2-8(7(5-6)9(18)19)17-10(20)11(16)3-4-11/h1-2,5H,3-4,16H2,(H,17,20)(H,18,19). The Labute approximate surface area is 111 Å². The molecule has 0 spiro atoms. The number of aromatic carboxylic acids is 1. The summed E-state index contributed by atoms with van der Waals surface area (Å²) in [4.78, 5) is 22.7. The van der Waals surface area contributed by atoms with Crippen LogP contribution < -0.4 is 11.1 Å². The lowest BCUT2D eigenvalue weighted by Crippen LogP contribution is -2.38. The molecule has 0 heterocycles. The molecule has 1 aromatic rings. The molecule has 20 heavy (non-hydrogen) atoms. The second-order valence-corrected chi connectivity index (χ2v) is 4.67. The van der Waals surface area contributed by atoms with E-state index in [2.05, 4.69) is 5.32 Å². The van der Waals surface area contributed by atoms with E-state index in [1.165, 1.54) is 0 Å². The number of halogens is 3. The maximum Gasteiger partial charge on any atom is 0.416 e. The van der Waals surface area contributed by atoms with Crippen LogP contribution in [0, 0.1) is 0 Å². The zero-order valence-corrected chi connectivity index (χ0v) is 10.1. The van der Waals surface area contributed by atoms with Crippen molar-refractivity contribution in [2.24, 2.45) is 5.73 Å². The largest absolute Gasteiger partial charge is 0.478 e. The van der Waals surface area contributed by atoms with Crippen molar-refractivity contribution in [2.45, 2.75) is 24.6 Å². The number of rotatable bonds is 3. The molecule has 8 heteroatoms. The molecule has 0 bridgehead atoms. The number of anilines is 1. The van der Waals surface area contributed by atoms with Crippen LogP contribution in [-0.2, 0) is 11.0 Å². The highest BCUT2D eigenvalue weighted by Crippen LogP contribution is 2.35. The summed E-state index contributed by atoms with van der Waals surface area (Å²) in [5.41, 5.74) is 2.66. The summed E-state index contributed by atoms with van der Waals surface area (Å²) < 4.78 is 37.6. The normalized spacial score (nSPS) is 16.6. The number of nitrogens with two attached hydrogens (primary N) is 1. The van der Waals surface area contributed by atoms with Crippen LogP contribution in [0.25, 0.3) is 0 Å². The molecular weight excluding hydrogens is 277 g/mol. The van der Waals surface area contributed by atoms with Gasteiger partial charge in [-0.1, -0.05) is 0 Å². The van der Waals surface area contributed by atoms with E-state index >= 15 is 0 Å². The van der Waals surface area contributed by atoms with E-state index < -0.39 is 34.7 Å². The monoisotopic (exact) mass is 288 g/mol. The first-order valence-electron chi connectivity index (χ1n) is 5.68. The molecule has 4 N–H and O–H groups in total. The summed E-state index contributed by atoms with van der Waals surface area (Å²) in [6.07, 6.45) is -3.73. The third-order valence-corrected chi connectivity index (χ3v) is 3.07. The van der Waals surface area contributed by atoms with Crippen molar-refractivity contribution in [3.05, 3.63) is 29.3 Å². The lowest BCUT2D eigenvalue weighted by Gasteiger charge is -2.14. The van der Waals surface area contributed by atoms with Gasteiger partial charge in [-0.05, 0) is 31.0 Å². The van der Waals surface area contributed by atoms with Crippen LogP contribution in [0.4, 0.5) is 18.9 Å². The molecule has 0 saturated heterocycles. The number of benzene rings is 1. The zero-order chi connectivity index (χ0) is 15.1. The molecule has 1 amide bonds. The fourth-order valence-corrected chi connectivity index (χ4v) is 1.62. The maximum absolute atomic E-state index is 12.5. The number of nitrogens with one attached hydrogen (secondary N) is 1. The zero-order valence-electron chi connectivity index (χ0n) is 10.1. The molecule has 5 nitrogen and oxygen atoms in total. The summed E-state index contributed by atoms with van der Waals surface area (Å²) in [6.45, 7) is 0. The van der Waals surface area contributed by atoms with Gasteiger partial charge in [-0.2, -0.15) is 13.2 Å². The molecule has 0 aliphatic heterocycles. The number of amides is 1. The van der Waals surface area contributed by atoms with Crippen LogP contribution in [0.1, 0.15) is 28.8 Å². The smallest absolute Gasteiger partial charge is 0.416 e. The number of hydrogen-bond donors (Lipinski definition) is 3. The average molecular weight is 288 g/mol. The van der Waals surface area contributed by atoms with Crippen molar-refractivity contribution in [3.63, 3.8) is 0 Å². The highest BCUT2D eigenvalue weighted by Gasteiger charge is 2.46. The quantitative estimate of drug-likeness (QED) is 0.791. The van der Waals surface area contributed by atoms with Gasteiger partial charge in [0.25, 0.3) is 0 Å². The Hall–Kier alpha value is -2.09. The molecule has 0 atom stereocenters. The molecule has 2 rings (SSSR count). The Morgan fingerprint density at radius 2 is 1.90 bits per heavy atom. The van der Waals surface area contributed by atoms with Crippen LogP contribution >= 0.6 is 0 Å². The van der Waals surface area contributed by atoms with E-state index in [4.69, 9.17) is 10.8 Å². The molecule has 0 unspecified atom stereocenters. The number of alkyl halides is 3. The van der Waals surface area contributed by atoms with Crippen molar-refractivity contribution >= 4 is 17.6 Å².